The number of carbonyl (C=O) groups excluding carboxylic acids is 1. The van der Waals surface area contributed by atoms with Crippen molar-refractivity contribution in [2.24, 2.45) is 5.92 Å². The molecule has 1 aromatic rings. The Hall–Kier alpha value is -1.62. The summed E-state index contributed by atoms with van der Waals surface area (Å²) >= 11 is 0. The molecule has 2 rings (SSSR count). The van der Waals surface area contributed by atoms with E-state index in [9.17, 15) is 9.00 Å². The van der Waals surface area contributed by atoms with Crippen molar-refractivity contribution < 1.29 is 13.7 Å². The molecular formula is C13H15NO3S. The zero-order valence-electron chi connectivity index (χ0n) is 10.3. The summed E-state index contributed by atoms with van der Waals surface area (Å²) in [5.74, 6) is -0.756. The van der Waals surface area contributed by atoms with Crippen molar-refractivity contribution >= 4 is 16.8 Å². The molecule has 0 radical (unpaired) electrons. The van der Waals surface area contributed by atoms with E-state index < -0.39 is 16.7 Å². The van der Waals surface area contributed by atoms with Crippen molar-refractivity contribution in [1.82, 2.24) is 5.32 Å². The summed E-state index contributed by atoms with van der Waals surface area (Å²) in [5.41, 5.74) is 0.976. The molecule has 3 unspecified atom stereocenters. The first-order valence-corrected chi connectivity index (χ1v) is 7.14. The fraction of sp³-hybridized carbons (Fsp3) is 0.308. The van der Waals surface area contributed by atoms with E-state index in [4.69, 9.17) is 4.74 Å². The predicted molar refractivity (Wildman–Crippen MR) is 70.0 cm³/mol. The standard InChI is InChI=1S/C13H15NO3S/c1-17-13(15)10-8-11(18(2)16)14-12(10)9-6-4-3-5-7-9/h3-8,10,12,14H,1-2H3. The third-order valence-electron chi connectivity index (χ3n) is 2.93. The minimum atomic E-state index is -1.13. The van der Waals surface area contributed by atoms with Crippen molar-refractivity contribution in [3.8, 4) is 0 Å². The van der Waals surface area contributed by atoms with Gasteiger partial charge >= 0.3 is 5.97 Å². The third kappa shape index (κ3) is 2.46. The first kappa shape index (κ1) is 12.8. The minimum Gasteiger partial charge on any atom is -0.468 e. The highest BCUT2D eigenvalue weighted by molar-refractivity contribution is 7.88. The molecule has 4 nitrogen and oxygen atoms in total. The molecule has 0 spiro atoms. The molecule has 1 heterocycles. The Bertz CT molecular complexity index is 498. The van der Waals surface area contributed by atoms with Gasteiger partial charge in [-0.3, -0.25) is 9.00 Å². The summed E-state index contributed by atoms with van der Waals surface area (Å²) in [5, 5.41) is 3.71. The Morgan fingerprint density at radius 3 is 2.56 bits per heavy atom. The molecule has 1 aromatic carbocycles. The molecule has 0 bridgehead atoms. The highest BCUT2D eigenvalue weighted by atomic mass is 32.2. The lowest BCUT2D eigenvalue weighted by atomic mass is 9.95. The van der Waals surface area contributed by atoms with Crippen LogP contribution in [0.3, 0.4) is 0 Å². The van der Waals surface area contributed by atoms with Gasteiger partial charge in [-0.2, -0.15) is 0 Å². The number of carbonyl (C=O) groups is 1. The van der Waals surface area contributed by atoms with Gasteiger partial charge in [-0.05, 0) is 11.6 Å². The Morgan fingerprint density at radius 1 is 1.33 bits per heavy atom. The van der Waals surface area contributed by atoms with Crippen LogP contribution < -0.4 is 5.32 Å². The van der Waals surface area contributed by atoms with Gasteiger partial charge in [-0.1, -0.05) is 30.3 Å². The molecule has 1 N–H and O–H groups in total. The zero-order valence-corrected chi connectivity index (χ0v) is 11.1. The highest BCUT2D eigenvalue weighted by Gasteiger charge is 2.35. The first-order chi connectivity index (χ1) is 8.63. The van der Waals surface area contributed by atoms with Crippen LogP contribution in [-0.4, -0.2) is 23.5 Å². The first-order valence-electron chi connectivity index (χ1n) is 5.58. The Labute approximate surface area is 108 Å². The molecule has 0 aromatic heterocycles. The van der Waals surface area contributed by atoms with Gasteiger partial charge < -0.3 is 10.1 Å². The van der Waals surface area contributed by atoms with Gasteiger partial charge in [0, 0.05) is 6.26 Å². The molecule has 0 saturated carbocycles. The lowest BCUT2D eigenvalue weighted by Gasteiger charge is -2.18. The zero-order chi connectivity index (χ0) is 13.1. The third-order valence-corrected chi connectivity index (χ3v) is 3.80. The van der Waals surface area contributed by atoms with Crippen LogP contribution >= 0.6 is 0 Å². The van der Waals surface area contributed by atoms with Crippen molar-refractivity contribution in [2.75, 3.05) is 13.4 Å². The topological polar surface area (TPSA) is 55.4 Å². The molecular weight excluding hydrogens is 250 g/mol. The van der Waals surface area contributed by atoms with Crippen LogP contribution in [0.1, 0.15) is 11.6 Å². The van der Waals surface area contributed by atoms with Crippen molar-refractivity contribution in [1.29, 1.82) is 0 Å². The van der Waals surface area contributed by atoms with Crippen LogP contribution in [0, 0.1) is 5.92 Å². The highest BCUT2D eigenvalue weighted by Crippen LogP contribution is 2.31. The van der Waals surface area contributed by atoms with Crippen LogP contribution in [0.2, 0.25) is 0 Å². The van der Waals surface area contributed by atoms with E-state index in [0.29, 0.717) is 5.03 Å². The van der Waals surface area contributed by atoms with Crippen LogP contribution in [0.25, 0.3) is 0 Å². The summed E-state index contributed by atoms with van der Waals surface area (Å²) in [6.45, 7) is 0. The summed E-state index contributed by atoms with van der Waals surface area (Å²) in [7, 11) is 0.228. The number of methoxy groups -OCH3 is 1. The minimum absolute atomic E-state index is 0.211. The number of rotatable bonds is 3. The second-order valence-corrected chi connectivity index (χ2v) is 5.41. The molecule has 96 valence electrons. The fourth-order valence-electron chi connectivity index (χ4n) is 2.02. The second-order valence-electron chi connectivity index (χ2n) is 4.07. The van der Waals surface area contributed by atoms with Crippen molar-refractivity contribution in [3.05, 3.63) is 47.0 Å². The summed E-state index contributed by atoms with van der Waals surface area (Å²) < 4.78 is 16.3. The van der Waals surface area contributed by atoms with E-state index in [-0.39, 0.29) is 12.0 Å². The quantitative estimate of drug-likeness (QED) is 0.838. The second kappa shape index (κ2) is 5.35. The number of hydrogen-bond acceptors (Lipinski definition) is 4. The smallest absolute Gasteiger partial charge is 0.315 e. The van der Waals surface area contributed by atoms with Gasteiger partial charge in [0.05, 0.1) is 29.0 Å². The van der Waals surface area contributed by atoms with E-state index in [2.05, 4.69) is 5.32 Å². The van der Waals surface area contributed by atoms with Gasteiger partial charge in [0.15, 0.2) is 0 Å². The van der Waals surface area contributed by atoms with Gasteiger partial charge in [0.2, 0.25) is 0 Å². The predicted octanol–water partition coefficient (Wildman–Crippen LogP) is 1.34. The number of hydrogen-bond donors (Lipinski definition) is 1. The Balaban J connectivity index is 2.31. The molecule has 1 aliphatic rings. The van der Waals surface area contributed by atoms with E-state index in [1.807, 2.05) is 30.3 Å². The van der Waals surface area contributed by atoms with Crippen molar-refractivity contribution in [3.63, 3.8) is 0 Å². The summed E-state index contributed by atoms with van der Waals surface area (Å²) in [4.78, 5) is 11.8. The number of ether oxygens (including phenoxy) is 1. The lowest BCUT2D eigenvalue weighted by molar-refractivity contribution is -0.144. The maximum atomic E-state index is 11.8. The maximum Gasteiger partial charge on any atom is 0.315 e. The average molecular weight is 265 g/mol. The fourth-order valence-corrected chi connectivity index (χ4v) is 2.65. The normalized spacial score (nSPS) is 24.0. The molecule has 0 amide bonds. The maximum absolute atomic E-state index is 11.8. The van der Waals surface area contributed by atoms with Crippen LogP contribution in [0.4, 0.5) is 0 Å². The number of benzene rings is 1. The molecule has 18 heavy (non-hydrogen) atoms. The number of nitrogens with one attached hydrogen (secondary N) is 1. The lowest BCUT2D eigenvalue weighted by Crippen LogP contribution is -2.26. The molecule has 0 fully saturated rings. The van der Waals surface area contributed by atoms with E-state index >= 15 is 0 Å². The monoisotopic (exact) mass is 265 g/mol. The van der Waals surface area contributed by atoms with Crippen LogP contribution in [-0.2, 0) is 20.3 Å². The van der Waals surface area contributed by atoms with Gasteiger partial charge in [-0.15, -0.1) is 0 Å². The van der Waals surface area contributed by atoms with Gasteiger partial charge in [0.25, 0.3) is 0 Å². The van der Waals surface area contributed by atoms with Crippen LogP contribution in [0.5, 0.6) is 0 Å². The summed E-state index contributed by atoms with van der Waals surface area (Å²) in [6.07, 6.45) is 3.28. The molecule has 3 atom stereocenters. The Morgan fingerprint density at radius 2 is 2.00 bits per heavy atom. The largest absolute Gasteiger partial charge is 0.468 e. The van der Waals surface area contributed by atoms with Crippen molar-refractivity contribution in [2.45, 2.75) is 6.04 Å². The molecule has 0 saturated heterocycles. The molecule has 5 heteroatoms. The van der Waals surface area contributed by atoms with Gasteiger partial charge in [0.1, 0.15) is 5.92 Å². The van der Waals surface area contributed by atoms with E-state index in [1.165, 1.54) is 7.11 Å². The van der Waals surface area contributed by atoms with E-state index in [0.717, 1.165) is 5.56 Å². The SMILES string of the molecule is COC(=O)C1C=C(S(C)=O)NC1c1ccccc1. The Kier molecular flexibility index (Phi) is 3.81. The summed E-state index contributed by atoms with van der Waals surface area (Å²) in [6, 6.07) is 9.39. The van der Waals surface area contributed by atoms with Gasteiger partial charge in [-0.25, -0.2) is 0 Å². The number of esters is 1. The van der Waals surface area contributed by atoms with Crippen LogP contribution in [0.15, 0.2) is 41.4 Å². The molecule has 1 aliphatic heterocycles. The molecule has 0 aliphatic carbocycles. The average Bonchev–Trinajstić information content (AvgIpc) is 2.84. The van der Waals surface area contributed by atoms with E-state index in [1.54, 1.807) is 12.3 Å².